The van der Waals surface area contributed by atoms with Crippen LogP contribution in [0.2, 0.25) is 0 Å². The largest absolute Gasteiger partial charge is 0.495 e. The summed E-state index contributed by atoms with van der Waals surface area (Å²) in [6.07, 6.45) is 0.500. The molecule has 1 heterocycles. The van der Waals surface area contributed by atoms with E-state index in [-0.39, 0.29) is 11.7 Å². The molecule has 0 spiro atoms. The number of nitrogens with one attached hydrogen (secondary N) is 1. The average molecular weight is 371 g/mol. The fourth-order valence-electron chi connectivity index (χ4n) is 3.33. The molecule has 0 aromatic heterocycles. The molecule has 1 saturated heterocycles. The van der Waals surface area contributed by atoms with E-state index in [9.17, 15) is 9.18 Å². The number of anilines is 1. The number of piperazine rings is 1. The molecule has 1 N–H and O–H groups in total. The van der Waals surface area contributed by atoms with Crippen molar-refractivity contribution in [3.05, 3.63) is 59.9 Å². The topological polar surface area (TPSA) is 44.8 Å². The number of amides is 1. The van der Waals surface area contributed by atoms with Crippen LogP contribution in [-0.4, -0.2) is 57.2 Å². The van der Waals surface area contributed by atoms with Crippen molar-refractivity contribution in [3.8, 4) is 5.75 Å². The van der Waals surface area contributed by atoms with E-state index >= 15 is 0 Å². The number of carbonyl (C=O) groups excluding carboxylic acids is 1. The van der Waals surface area contributed by atoms with Gasteiger partial charge in [-0.25, -0.2) is 4.39 Å². The summed E-state index contributed by atoms with van der Waals surface area (Å²) in [5.41, 5.74) is 1.72. The van der Waals surface area contributed by atoms with E-state index in [2.05, 4.69) is 21.2 Å². The van der Waals surface area contributed by atoms with E-state index < -0.39 is 0 Å². The van der Waals surface area contributed by atoms with Gasteiger partial charge in [0.1, 0.15) is 11.6 Å². The normalized spacial score (nSPS) is 14.8. The lowest BCUT2D eigenvalue weighted by molar-refractivity contribution is -0.122. The van der Waals surface area contributed by atoms with Crippen molar-refractivity contribution < 1.29 is 13.9 Å². The van der Waals surface area contributed by atoms with Crippen molar-refractivity contribution >= 4 is 11.6 Å². The zero-order valence-corrected chi connectivity index (χ0v) is 15.7. The second kappa shape index (κ2) is 9.37. The van der Waals surface area contributed by atoms with Crippen LogP contribution in [0, 0.1) is 5.82 Å². The Balaban J connectivity index is 1.41. The van der Waals surface area contributed by atoms with Gasteiger partial charge in [0.05, 0.1) is 19.3 Å². The van der Waals surface area contributed by atoms with E-state index in [0.29, 0.717) is 25.1 Å². The summed E-state index contributed by atoms with van der Waals surface area (Å²) < 4.78 is 19.0. The van der Waals surface area contributed by atoms with E-state index in [0.717, 1.165) is 37.6 Å². The van der Waals surface area contributed by atoms with Crippen LogP contribution in [0.15, 0.2) is 48.5 Å². The third-order valence-corrected chi connectivity index (χ3v) is 4.84. The SMILES string of the molecule is COc1ccccc1N1CCN(CC(=O)NCCc2ccccc2F)CC1. The summed E-state index contributed by atoms with van der Waals surface area (Å²) >= 11 is 0. The highest BCUT2D eigenvalue weighted by Crippen LogP contribution is 2.28. The first-order valence-corrected chi connectivity index (χ1v) is 9.28. The zero-order valence-electron chi connectivity index (χ0n) is 15.7. The minimum Gasteiger partial charge on any atom is -0.495 e. The zero-order chi connectivity index (χ0) is 19.1. The first-order chi connectivity index (χ1) is 13.2. The number of halogens is 1. The standard InChI is InChI=1S/C21H26FN3O2/c1-27-20-9-5-4-8-19(20)25-14-12-24(13-15-25)16-21(26)23-11-10-17-6-2-3-7-18(17)22/h2-9H,10-16H2,1H3,(H,23,26). The van der Waals surface area contributed by atoms with Crippen LogP contribution in [0.25, 0.3) is 0 Å². The van der Waals surface area contributed by atoms with Gasteiger partial charge >= 0.3 is 0 Å². The Labute approximate surface area is 159 Å². The molecule has 0 saturated carbocycles. The van der Waals surface area contributed by atoms with Gasteiger partial charge in [0.25, 0.3) is 0 Å². The van der Waals surface area contributed by atoms with E-state index in [4.69, 9.17) is 4.74 Å². The molecular weight excluding hydrogens is 345 g/mol. The Kier molecular flexibility index (Phi) is 6.65. The number of carbonyl (C=O) groups is 1. The Bertz CT molecular complexity index is 761. The van der Waals surface area contributed by atoms with Crippen molar-refractivity contribution in [2.75, 3.05) is 51.3 Å². The summed E-state index contributed by atoms with van der Waals surface area (Å²) in [5.74, 6) is 0.633. The second-order valence-corrected chi connectivity index (χ2v) is 6.63. The van der Waals surface area contributed by atoms with Gasteiger partial charge in [-0.2, -0.15) is 0 Å². The van der Waals surface area contributed by atoms with E-state index in [1.54, 1.807) is 25.3 Å². The molecule has 144 valence electrons. The minimum atomic E-state index is -0.223. The van der Waals surface area contributed by atoms with Crippen LogP contribution in [0.5, 0.6) is 5.75 Å². The van der Waals surface area contributed by atoms with Gasteiger partial charge in [0, 0.05) is 32.7 Å². The van der Waals surface area contributed by atoms with Crippen molar-refractivity contribution in [2.24, 2.45) is 0 Å². The Morgan fingerprint density at radius 3 is 2.52 bits per heavy atom. The minimum absolute atomic E-state index is 0.0166. The van der Waals surface area contributed by atoms with Gasteiger partial charge < -0.3 is 15.0 Å². The highest BCUT2D eigenvalue weighted by Gasteiger charge is 2.20. The Morgan fingerprint density at radius 2 is 1.78 bits per heavy atom. The van der Waals surface area contributed by atoms with Crippen molar-refractivity contribution in [1.29, 1.82) is 0 Å². The van der Waals surface area contributed by atoms with Crippen molar-refractivity contribution in [2.45, 2.75) is 6.42 Å². The molecule has 0 atom stereocenters. The first-order valence-electron chi connectivity index (χ1n) is 9.28. The summed E-state index contributed by atoms with van der Waals surface area (Å²) in [7, 11) is 1.68. The van der Waals surface area contributed by atoms with Crippen molar-refractivity contribution in [3.63, 3.8) is 0 Å². The second-order valence-electron chi connectivity index (χ2n) is 6.63. The lowest BCUT2D eigenvalue weighted by Gasteiger charge is -2.36. The highest BCUT2D eigenvalue weighted by atomic mass is 19.1. The molecule has 1 aliphatic rings. The number of nitrogens with zero attached hydrogens (tertiary/aromatic N) is 2. The summed E-state index contributed by atoms with van der Waals surface area (Å²) in [6, 6.07) is 14.7. The molecule has 0 radical (unpaired) electrons. The maximum absolute atomic E-state index is 13.6. The average Bonchev–Trinajstić information content (AvgIpc) is 2.70. The number of methoxy groups -OCH3 is 1. The number of hydrogen-bond donors (Lipinski definition) is 1. The Hall–Kier alpha value is -2.60. The molecule has 0 unspecified atom stereocenters. The van der Waals surface area contributed by atoms with Gasteiger partial charge in [-0.1, -0.05) is 30.3 Å². The number of rotatable bonds is 7. The monoisotopic (exact) mass is 371 g/mol. The molecule has 3 rings (SSSR count). The molecule has 1 fully saturated rings. The molecular formula is C21H26FN3O2. The van der Waals surface area contributed by atoms with Crippen LogP contribution in [-0.2, 0) is 11.2 Å². The predicted molar refractivity (Wildman–Crippen MR) is 105 cm³/mol. The van der Waals surface area contributed by atoms with Crippen LogP contribution in [0.3, 0.4) is 0 Å². The molecule has 5 nitrogen and oxygen atoms in total. The number of hydrogen-bond acceptors (Lipinski definition) is 4. The maximum atomic E-state index is 13.6. The van der Waals surface area contributed by atoms with Gasteiger partial charge in [-0.3, -0.25) is 9.69 Å². The maximum Gasteiger partial charge on any atom is 0.234 e. The number of benzene rings is 2. The fourth-order valence-corrected chi connectivity index (χ4v) is 3.33. The molecule has 0 bridgehead atoms. The molecule has 2 aromatic carbocycles. The number of ether oxygens (including phenoxy) is 1. The van der Waals surface area contributed by atoms with Crippen LogP contribution in [0.1, 0.15) is 5.56 Å². The molecule has 27 heavy (non-hydrogen) atoms. The van der Waals surface area contributed by atoms with Gasteiger partial charge in [-0.15, -0.1) is 0 Å². The first kappa shape index (κ1) is 19.2. The van der Waals surface area contributed by atoms with E-state index in [1.165, 1.54) is 6.07 Å². The van der Waals surface area contributed by atoms with Gasteiger partial charge in [0.15, 0.2) is 0 Å². The van der Waals surface area contributed by atoms with Crippen molar-refractivity contribution in [1.82, 2.24) is 10.2 Å². The lowest BCUT2D eigenvalue weighted by Crippen LogP contribution is -2.49. The highest BCUT2D eigenvalue weighted by molar-refractivity contribution is 5.78. The van der Waals surface area contributed by atoms with E-state index in [1.807, 2.05) is 18.2 Å². The molecule has 1 amide bonds. The molecule has 0 aliphatic carbocycles. The smallest absolute Gasteiger partial charge is 0.234 e. The third kappa shape index (κ3) is 5.20. The number of para-hydroxylation sites is 2. The molecule has 1 aliphatic heterocycles. The van der Waals surface area contributed by atoms with Crippen LogP contribution >= 0.6 is 0 Å². The summed E-state index contributed by atoms with van der Waals surface area (Å²) in [5, 5.41) is 2.89. The third-order valence-electron chi connectivity index (χ3n) is 4.84. The fraction of sp³-hybridized carbons (Fsp3) is 0.381. The Morgan fingerprint density at radius 1 is 1.07 bits per heavy atom. The predicted octanol–water partition coefficient (Wildman–Crippen LogP) is 2.32. The molecule has 6 heteroatoms. The van der Waals surface area contributed by atoms with Crippen LogP contribution in [0.4, 0.5) is 10.1 Å². The van der Waals surface area contributed by atoms with Gasteiger partial charge in [0.2, 0.25) is 5.91 Å². The van der Waals surface area contributed by atoms with Crippen LogP contribution < -0.4 is 15.0 Å². The summed E-state index contributed by atoms with van der Waals surface area (Å²) in [6.45, 7) is 4.15. The quantitative estimate of drug-likeness (QED) is 0.811. The molecule has 2 aromatic rings. The van der Waals surface area contributed by atoms with Gasteiger partial charge in [-0.05, 0) is 30.2 Å². The lowest BCUT2D eigenvalue weighted by atomic mass is 10.1. The summed E-state index contributed by atoms with van der Waals surface area (Å²) in [4.78, 5) is 16.6.